The Bertz CT molecular complexity index is 57.5. The number of hydrogen-bond acceptors (Lipinski definition) is 2. The Labute approximate surface area is 49.8 Å². The van der Waals surface area contributed by atoms with E-state index in [-0.39, 0.29) is 0 Å². The van der Waals surface area contributed by atoms with Gasteiger partial charge in [0.25, 0.3) is 0 Å². The molecule has 8 heavy (non-hydrogen) atoms. The molecule has 1 saturated heterocycles. The second-order valence-corrected chi connectivity index (χ2v) is 2.18. The van der Waals surface area contributed by atoms with Crippen LogP contribution in [0, 0.1) is 5.92 Å². The summed E-state index contributed by atoms with van der Waals surface area (Å²) in [4.78, 5) is 0. The van der Waals surface area contributed by atoms with E-state index >= 15 is 0 Å². The molecule has 0 bridgehead atoms. The van der Waals surface area contributed by atoms with Crippen molar-refractivity contribution < 1.29 is 9.47 Å². The molecule has 1 aliphatic heterocycles. The second-order valence-electron chi connectivity index (χ2n) is 2.18. The van der Waals surface area contributed by atoms with Crippen molar-refractivity contribution in [1.82, 2.24) is 0 Å². The van der Waals surface area contributed by atoms with Gasteiger partial charge in [-0.15, -0.1) is 0 Å². The molecule has 0 amide bonds. The molecule has 2 heteroatoms. The van der Waals surface area contributed by atoms with Crippen LogP contribution in [0.1, 0.15) is 6.42 Å². The number of methoxy groups -OCH3 is 1. The normalized spacial score (nSPS) is 28.9. The van der Waals surface area contributed by atoms with Crippen molar-refractivity contribution >= 4 is 0 Å². The lowest BCUT2D eigenvalue weighted by Crippen LogP contribution is -2.06. The first-order chi connectivity index (χ1) is 3.93. The quantitative estimate of drug-likeness (QED) is 0.528. The maximum Gasteiger partial charge on any atom is 0.0517 e. The van der Waals surface area contributed by atoms with Crippen molar-refractivity contribution in [2.24, 2.45) is 5.92 Å². The van der Waals surface area contributed by atoms with Gasteiger partial charge in [0.1, 0.15) is 0 Å². The highest BCUT2D eigenvalue weighted by Gasteiger charge is 2.14. The zero-order chi connectivity index (χ0) is 5.82. The topological polar surface area (TPSA) is 18.5 Å². The molecule has 1 heterocycles. The predicted molar refractivity (Wildman–Crippen MR) is 30.8 cm³/mol. The molecule has 0 aromatic rings. The molecule has 0 saturated carbocycles. The summed E-state index contributed by atoms with van der Waals surface area (Å²) in [6.07, 6.45) is 1.17. The molecule has 0 spiro atoms. The summed E-state index contributed by atoms with van der Waals surface area (Å²) in [5, 5.41) is 0. The Balaban J connectivity index is 2.06. The molecule has 1 aliphatic rings. The second kappa shape index (κ2) is 3.05. The van der Waals surface area contributed by atoms with E-state index in [0.29, 0.717) is 5.92 Å². The fourth-order valence-corrected chi connectivity index (χ4v) is 0.950. The smallest absolute Gasteiger partial charge is 0.0517 e. The van der Waals surface area contributed by atoms with Crippen molar-refractivity contribution in [3.63, 3.8) is 0 Å². The maximum atomic E-state index is 5.13. The first-order valence-corrected chi connectivity index (χ1v) is 3.00. The summed E-state index contributed by atoms with van der Waals surface area (Å²) >= 11 is 0. The van der Waals surface area contributed by atoms with E-state index in [9.17, 15) is 0 Å². The van der Waals surface area contributed by atoms with Gasteiger partial charge in [0.05, 0.1) is 13.2 Å². The molecule has 0 aliphatic carbocycles. The van der Waals surface area contributed by atoms with E-state index in [1.807, 2.05) is 0 Å². The van der Waals surface area contributed by atoms with Gasteiger partial charge < -0.3 is 9.47 Å². The molecule has 0 aromatic carbocycles. The number of ether oxygens (including phenoxy) is 2. The first kappa shape index (κ1) is 6.05. The minimum atomic E-state index is 0.667. The highest BCUT2D eigenvalue weighted by molar-refractivity contribution is 4.61. The molecule has 48 valence electrons. The average molecular weight is 116 g/mol. The van der Waals surface area contributed by atoms with Crippen LogP contribution < -0.4 is 0 Å². The largest absolute Gasteiger partial charge is 0.384 e. The highest BCUT2D eigenvalue weighted by atomic mass is 16.5. The van der Waals surface area contributed by atoms with Gasteiger partial charge in [-0.3, -0.25) is 0 Å². The summed E-state index contributed by atoms with van der Waals surface area (Å²) in [5.74, 6) is 0.667. The molecule has 0 N–H and O–H groups in total. The van der Waals surface area contributed by atoms with E-state index in [2.05, 4.69) is 0 Å². The van der Waals surface area contributed by atoms with Gasteiger partial charge in [0.15, 0.2) is 0 Å². The molecular weight excluding hydrogens is 104 g/mol. The van der Waals surface area contributed by atoms with Crippen LogP contribution in [0.2, 0.25) is 0 Å². The molecule has 0 unspecified atom stereocenters. The minimum absolute atomic E-state index is 0.667. The van der Waals surface area contributed by atoms with Crippen molar-refractivity contribution in [2.45, 2.75) is 6.42 Å². The Morgan fingerprint density at radius 2 is 2.62 bits per heavy atom. The Kier molecular flexibility index (Phi) is 2.30. The third-order valence-corrected chi connectivity index (χ3v) is 1.43. The lowest BCUT2D eigenvalue weighted by molar-refractivity contribution is 0.129. The summed E-state index contributed by atoms with van der Waals surface area (Å²) < 4.78 is 10.1. The molecule has 1 fully saturated rings. The van der Waals surface area contributed by atoms with Crippen molar-refractivity contribution in [2.75, 3.05) is 26.9 Å². The Hall–Kier alpha value is -0.0800. The number of hydrogen-bond donors (Lipinski definition) is 0. The van der Waals surface area contributed by atoms with Crippen molar-refractivity contribution in [3.8, 4) is 0 Å². The zero-order valence-electron chi connectivity index (χ0n) is 5.22. The van der Waals surface area contributed by atoms with Crippen LogP contribution in [0.3, 0.4) is 0 Å². The lowest BCUT2D eigenvalue weighted by atomic mass is 10.1. The zero-order valence-corrected chi connectivity index (χ0v) is 5.22. The van der Waals surface area contributed by atoms with Gasteiger partial charge in [-0.2, -0.15) is 0 Å². The summed E-state index contributed by atoms with van der Waals surface area (Å²) in [5.41, 5.74) is 0. The van der Waals surface area contributed by atoms with Gasteiger partial charge in [0.2, 0.25) is 0 Å². The molecular formula is C6H12O2. The number of rotatable bonds is 2. The van der Waals surface area contributed by atoms with Gasteiger partial charge in [0, 0.05) is 19.6 Å². The molecule has 0 radical (unpaired) electrons. The third kappa shape index (κ3) is 1.46. The summed E-state index contributed by atoms with van der Waals surface area (Å²) in [6, 6.07) is 0. The average Bonchev–Trinajstić information content (AvgIpc) is 2.19. The first-order valence-electron chi connectivity index (χ1n) is 3.00. The van der Waals surface area contributed by atoms with Gasteiger partial charge >= 0.3 is 0 Å². The van der Waals surface area contributed by atoms with Crippen LogP contribution in [0.5, 0.6) is 0 Å². The van der Waals surface area contributed by atoms with E-state index < -0.39 is 0 Å². The molecule has 1 rings (SSSR count). The summed E-state index contributed by atoms with van der Waals surface area (Å²) in [7, 11) is 1.73. The van der Waals surface area contributed by atoms with Crippen LogP contribution >= 0.6 is 0 Å². The van der Waals surface area contributed by atoms with Gasteiger partial charge in [-0.1, -0.05) is 0 Å². The lowest BCUT2D eigenvalue weighted by Gasteiger charge is -2.02. The predicted octanol–water partition coefficient (Wildman–Crippen LogP) is 0.669. The standard InChI is InChI=1S/C6H12O2/c1-7-4-6-2-3-8-5-6/h6H,2-5H2,1H3/t6-/m0/s1. The highest BCUT2D eigenvalue weighted by Crippen LogP contribution is 2.11. The van der Waals surface area contributed by atoms with Crippen LogP contribution in [0.25, 0.3) is 0 Å². The molecule has 0 aromatic heterocycles. The Morgan fingerprint density at radius 3 is 3.12 bits per heavy atom. The van der Waals surface area contributed by atoms with Crippen LogP contribution in [0.4, 0.5) is 0 Å². The van der Waals surface area contributed by atoms with Crippen LogP contribution in [0.15, 0.2) is 0 Å². The SMILES string of the molecule is COC[C@@H]1CCOC1. The monoisotopic (exact) mass is 116 g/mol. The molecule has 2 nitrogen and oxygen atoms in total. The van der Waals surface area contributed by atoms with E-state index in [1.165, 1.54) is 6.42 Å². The van der Waals surface area contributed by atoms with Crippen molar-refractivity contribution in [1.29, 1.82) is 0 Å². The fraction of sp³-hybridized carbons (Fsp3) is 1.00. The summed E-state index contributed by atoms with van der Waals surface area (Å²) in [6.45, 7) is 2.68. The van der Waals surface area contributed by atoms with Crippen LogP contribution in [-0.4, -0.2) is 26.9 Å². The fourth-order valence-electron chi connectivity index (χ4n) is 0.950. The molecule has 1 atom stereocenters. The minimum Gasteiger partial charge on any atom is -0.384 e. The van der Waals surface area contributed by atoms with E-state index in [1.54, 1.807) is 7.11 Å². The van der Waals surface area contributed by atoms with Crippen LogP contribution in [-0.2, 0) is 9.47 Å². The van der Waals surface area contributed by atoms with Crippen molar-refractivity contribution in [3.05, 3.63) is 0 Å². The van der Waals surface area contributed by atoms with Gasteiger partial charge in [-0.05, 0) is 6.42 Å². The maximum absolute atomic E-state index is 5.13. The van der Waals surface area contributed by atoms with E-state index in [0.717, 1.165) is 19.8 Å². The van der Waals surface area contributed by atoms with Gasteiger partial charge in [-0.25, -0.2) is 0 Å². The Morgan fingerprint density at radius 1 is 1.75 bits per heavy atom. The van der Waals surface area contributed by atoms with E-state index in [4.69, 9.17) is 9.47 Å². The third-order valence-electron chi connectivity index (χ3n) is 1.43.